The van der Waals surface area contributed by atoms with Gasteiger partial charge in [-0.2, -0.15) is 0 Å². The van der Waals surface area contributed by atoms with E-state index in [-0.39, 0.29) is 5.75 Å². The number of aromatic hydroxyl groups is 1. The number of phenols is 1. The van der Waals surface area contributed by atoms with Crippen molar-refractivity contribution in [1.82, 2.24) is 10.2 Å². The smallest absolute Gasteiger partial charge is 0.155 e. The fraction of sp³-hybridized carbons (Fsp3) is 0.333. The van der Waals surface area contributed by atoms with Crippen LogP contribution < -0.4 is 0 Å². The average molecular weight is 275 g/mol. The number of fused-ring (bicyclic) bond motifs is 1. The van der Waals surface area contributed by atoms with Crippen molar-refractivity contribution in [3.05, 3.63) is 40.0 Å². The molecule has 0 atom stereocenters. The highest BCUT2D eigenvalue weighted by atomic mass is 35.5. The van der Waals surface area contributed by atoms with E-state index in [0.29, 0.717) is 5.15 Å². The Morgan fingerprint density at radius 2 is 1.84 bits per heavy atom. The van der Waals surface area contributed by atoms with E-state index in [0.717, 1.165) is 53.6 Å². The number of rotatable bonds is 1. The van der Waals surface area contributed by atoms with Gasteiger partial charge in [0.2, 0.25) is 0 Å². The summed E-state index contributed by atoms with van der Waals surface area (Å²) in [6.45, 7) is 1.95. The summed E-state index contributed by atoms with van der Waals surface area (Å²) in [5, 5.41) is 18.9. The quantitative estimate of drug-likeness (QED) is 0.863. The zero-order valence-corrected chi connectivity index (χ0v) is 11.5. The lowest BCUT2D eigenvalue weighted by Gasteiger charge is -2.19. The van der Waals surface area contributed by atoms with Gasteiger partial charge >= 0.3 is 0 Å². The van der Waals surface area contributed by atoms with Gasteiger partial charge < -0.3 is 5.11 Å². The van der Waals surface area contributed by atoms with E-state index in [1.165, 1.54) is 0 Å². The van der Waals surface area contributed by atoms with Crippen LogP contribution in [0.2, 0.25) is 5.15 Å². The lowest BCUT2D eigenvalue weighted by molar-refractivity contribution is 0.476. The summed E-state index contributed by atoms with van der Waals surface area (Å²) < 4.78 is 0. The Morgan fingerprint density at radius 1 is 1.11 bits per heavy atom. The molecule has 3 rings (SSSR count). The van der Waals surface area contributed by atoms with Gasteiger partial charge in [0.25, 0.3) is 0 Å². The van der Waals surface area contributed by atoms with Gasteiger partial charge in [0, 0.05) is 5.56 Å². The highest BCUT2D eigenvalue weighted by molar-refractivity contribution is 6.30. The molecule has 0 spiro atoms. The van der Waals surface area contributed by atoms with Gasteiger partial charge in [-0.1, -0.05) is 17.7 Å². The van der Waals surface area contributed by atoms with Crippen LogP contribution in [0, 0.1) is 6.92 Å². The first-order chi connectivity index (χ1) is 9.16. The lowest BCUT2D eigenvalue weighted by atomic mass is 9.89. The summed E-state index contributed by atoms with van der Waals surface area (Å²) in [4.78, 5) is 0. The van der Waals surface area contributed by atoms with Gasteiger partial charge in [-0.25, -0.2) is 0 Å². The third-order valence-corrected chi connectivity index (χ3v) is 3.95. The molecule has 1 aliphatic carbocycles. The van der Waals surface area contributed by atoms with Crippen molar-refractivity contribution in [3.8, 4) is 17.0 Å². The van der Waals surface area contributed by atoms with E-state index in [4.69, 9.17) is 11.6 Å². The number of nitrogens with zero attached hydrogens (tertiary/aromatic N) is 2. The van der Waals surface area contributed by atoms with E-state index >= 15 is 0 Å². The normalized spacial score (nSPS) is 14.2. The number of hydrogen-bond acceptors (Lipinski definition) is 3. The maximum Gasteiger partial charge on any atom is 0.155 e. The molecule has 1 aliphatic rings. The summed E-state index contributed by atoms with van der Waals surface area (Å²) in [6, 6.07) is 5.62. The highest BCUT2D eigenvalue weighted by Gasteiger charge is 2.21. The Hall–Kier alpha value is -1.61. The summed E-state index contributed by atoms with van der Waals surface area (Å²) in [5.41, 5.74) is 4.78. The molecule has 1 aromatic heterocycles. The molecule has 4 heteroatoms. The molecule has 0 saturated heterocycles. The van der Waals surface area contributed by atoms with Gasteiger partial charge in [0.05, 0.1) is 0 Å². The third kappa shape index (κ3) is 2.19. The van der Waals surface area contributed by atoms with Crippen molar-refractivity contribution in [2.75, 3.05) is 0 Å². The van der Waals surface area contributed by atoms with Crippen LogP contribution in [0.15, 0.2) is 18.2 Å². The predicted octanol–water partition coefficient (Wildman–Crippen LogP) is 3.69. The zero-order valence-electron chi connectivity index (χ0n) is 10.8. The minimum atomic E-state index is 0.254. The first kappa shape index (κ1) is 12.4. The number of aryl methyl sites for hydroxylation is 1. The zero-order chi connectivity index (χ0) is 13.4. The molecule has 1 aromatic carbocycles. The molecule has 1 N–H and O–H groups in total. The molecular formula is C15H15ClN2O. The summed E-state index contributed by atoms with van der Waals surface area (Å²) >= 11 is 6.13. The van der Waals surface area contributed by atoms with Gasteiger partial charge in [-0.15, -0.1) is 10.2 Å². The maximum absolute atomic E-state index is 10.1. The average Bonchev–Trinajstić information content (AvgIpc) is 2.41. The number of halogens is 1. The Balaban J connectivity index is 2.20. The Labute approximate surface area is 117 Å². The second-order valence-corrected chi connectivity index (χ2v) is 5.38. The molecule has 0 aliphatic heterocycles. The SMILES string of the molecule is Cc1ccc(-c2nnc(Cl)c3c2CCCC3)c(O)c1. The molecular weight excluding hydrogens is 260 g/mol. The number of hydrogen-bond donors (Lipinski definition) is 1. The first-order valence-electron chi connectivity index (χ1n) is 6.50. The Morgan fingerprint density at radius 3 is 2.58 bits per heavy atom. The van der Waals surface area contributed by atoms with Crippen LogP contribution in [-0.4, -0.2) is 15.3 Å². The minimum Gasteiger partial charge on any atom is -0.507 e. The van der Waals surface area contributed by atoms with Crippen molar-refractivity contribution in [2.45, 2.75) is 32.6 Å². The number of benzene rings is 1. The lowest BCUT2D eigenvalue weighted by Crippen LogP contribution is -2.09. The number of aromatic nitrogens is 2. The molecule has 0 radical (unpaired) electrons. The molecule has 0 unspecified atom stereocenters. The second-order valence-electron chi connectivity index (χ2n) is 5.02. The fourth-order valence-corrected chi connectivity index (χ4v) is 2.91. The van der Waals surface area contributed by atoms with Gasteiger partial charge in [0.15, 0.2) is 5.15 Å². The molecule has 0 fully saturated rings. The van der Waals surface area contributed by atoms with Crippen molar-refractivity contribution in [2.24, 2.45) is 0 Å². The molecule has 2 aromatic rings. The predicted molar refractivity (Wildman–Crippen MR) is 75.5 cm³/mol. The molecule has 1 heterocycles. The topological polar surface area (TPSA) is 46.0 Å². The maximum atomic E-state index is 10.1. The Kier molecular flexibility index (Phi) is 3.15. The first-order valence-corrected chi connectivity index (χ1v) is 6.88. The van der Waals surface area contributed by atoms with E-state index in [2.05, 4.69) is 10.2 Å². The van der Waals surface area contributed by atoms with Crippen molar-refractivity contribution in [3.63, 3.8) is 0 Å². The van der Waals surface area contributed by atoms with Gasteiger partial charge in [0.1, 0.15) is 11.4 Å². The van der Waals surface area contributed by atoms with Gasteiger partial charge in [-0.3, -0.25) is 0 Å². The van der Waals surface area contributed by atoms with Crippen LogP contribution in [-0.2, 0) is 12.8 Å². The summed E-state index contributed by atoms with van der Waals surface area (Å²) in [7, 11) is 0. The van der Waals surface area contributed by atoms with Crippen LogP contribution in [0.4, 0.5) is 0 Å². The van der Waals surface area contributed by atoms with Crippen LogP contribution >= 0.6 is 11.6 Å². The summed E-state index contributed by atoms with van der Waals surface area (Å²) in [6.07, 6.45) is 4.17. The van der Waals surface area contributed by atoms with Crippen LogP contribution in [0.25, 0.3) is 11.3 Å². The molecule has 0 saturated carbocycles. The van der Waals surface area contributed by atoms with Crippen molar-refractivity contribution < 1.29 is 5.11 Å². The molecule has 0 bridgehead atoms. The van der Waals surface area contributed by atoms with Gasteiger partial charge in [-0.05, 0) is 61.4 Å². The molecule has 0 amide bonds. The summed E-state index contributed by atoms with van der Waals surface area (Å²) in [5.74, 6) is 0.254. The van der Waals surface area contributed by atoms with E-state index in [9.17, 15) is 5.11 Å². The largest absolute Gasteiger partial charge is 0.507 e. The van der Waals surface area contributed by atoms with E-state index < -0.39 is 0 Å². The van der Waals surface area contributed by atoms with Crippen molar-refractivity contribution in [1.29, 1.82) is 0 Å². The molecule has 19 heavy (non-hydrogen) atoms. The third-order valence-electron chi connectivity index (χ3n) is 3.65. The standard InChI is InChI=1S/C15H15ClN2O/c1-9-6-7-12(13(19)8-9)14-10-4-2-3-5-11(10)15(16)18-17-14/h6-8,19H,2-5H2,1H3. The monoisotopic (exact) mass is 274 g/mol. The molecule has 3 nitrogen and oxygen atoms in total. The minimum absolute atomic E-state index is 0.254. The second kappa shape index (κ2) is 4.82. The van der Waals surface area contributed by atoms with Crippen molar-refractivity contribution >= 4 is 11.6 Å². The van der Waals surface area contributed by atoms with E-state index in [1.807, 2.05) is 19.1 Å². The van der Waals surface area contributed by atoms with Crippen LogP contribution in [0.1, 0.15) is 29.5 Å². The fourth-order valence-electron chi connectivity index (χ4n) is 2.67. The molecule has 98 valence electrons. The van der Waals surface area contributed by atoms with Crippen LogP contribution in [0.3, 0.4) is 0 Å². The van der Waals surface area contributed by atoms with Crippen LogP contribution in [0.5, 0.6) is 5.75 Å². The highest BCUT2D eigenvalue weighted by Crippen LogP contribution is 2.36. The number of phenolic OH excluding ortho intramolecular Hbond substituents is 1. The van der Waals surface area contributed by atoms with E-state index in [1.54, 1.807) is 6.07 Å². The Bertz CT molecular complexity index is 640.